The van der Waals surface area contributed by atoms with E-state index in [0.717, 1.165) is 11.3 Å². The van der Waals surface area contributed by atoms with Crippen LogP contribution in [0.1, 0.15) is 15.9 Å². The van der Waals surface area contributed by atoms with Gasteiger partial charge in [0.25, 0.3) is 0 Å². The molecule has 0 fully saturated rings. The van der Waals surface area contributed by atoms with E-state index in [1.165, 1.54) is 0 Å². The molecule has 0 aliphatic rings. The van der Waals surface area contributed by atoms with Crippen molar-refractivity contribution >= 4 is 5.97 Å². The molecule has 0 saturated carbocycles. The van der Waals surface area contributed by atoms with Crippen LogP contribution in [0.3, 0.4) is 0 Å². The van der Waals surface area contributed by atoms with Crippen LogP contribution in [-0.2, 0) is 11.2 Å². The minimum atomic E-state index is -0.323. The third-order valence-corrected chi connectivity index (χ3v) is 2.70. The second-order valence-corrected chi connectivity index (χ2v) is 3.97. The number of benzene rings is 1. The second kappa shape index (κ2) is 6.54. The van der Waals surface area contributed by atoms with Crippen molar-refractivity contribution in [3.63, 3.8) is 0 Å². The maximum atomic E-state index is 11.7. The average molecular weight is 257 g/mol. The molecule has 0 saturated heterocycles. The zero-order chi connectivity index (χ0) is 13.5. The first-order valence-corrected chi connectivity index (χ1v) is 5.99. The molecule has 2 aromatic rings. The number of hydrogen-bond donors (Lipinski definition) is 0. The maximum absolute atomic E-state index is 11.7. The van der Waals surface area contributed by atoms with Gasteiger partial charge in [0.1, 0.15) is 5.75 Å². The Morgan fingerprint density at radius 2 is 1.79 bits per heavy atom. The van der Waals surface area contributed by atoms with E-state index in [1.54, 1.807) is 31.6 Å². The molecule has 1 aromatic carbocycles. The van der Waals surface area contributed by atoms with E-state index in [1.807, 2.05) is 24.3 Å². The molecule has 0 amide bonds. The molecule has 0 spiro atoms. The van der Waals surface area contributed by atoms with Gasteiger partial charge in [-0.3, -0.25) is 4.98 Å². The van der Waals surface area contributed by atoms with E-state index in [9.17, 15) is 4.79 Å². The van der Waals surface area contributed by atoms with Crippen LogP contribution in [-0.4, -0.2) is 24.7 Å². The lowest BCUT2D eigenvalue weighted by atomic mass is 10.1. The highest BCUT2D eigenvalue weighted by Gasteiger charge is 2.05. The third kappa shape index (κ3) is 3.81. The number of carbonyl (C=O) groups excluding carboxylic acids is 1. The number of carbonyl (C=O) groups is 1. The van der Waals surface area contributed by atoms with Gasteiger partial charge in [-0.15, -0.1) is 0 Å². The van der Waals surface area contributed by atoms with Gasteiger partial charge < -0.3 is 9.47 Å². The molecule has 98 valence electrons. The van der Waals surface area contributed by atoms with Gasteiger partial charge in [0.05, 0.1) is 19.3 Å². The Bertz CT molecular complexity index is 523. The lowest BCUT2D eigenvalue weighted by Crippen LogP contribution is -2.08. The minimum Gasteiger partial charge on any atom is -0.497 e. The maximum Gasteiger partial charge on any atom is 0.338 e. The summed E-state index contributed by atoms with van der Waals surface area (Å²) in [4.78, 5) is 15.5. The van der Waals surface area contributed by atoms with Gasteiger partial charge in [-0.05, 0) is 29.8 Å². The number of nitrogens with zero attached hydrogens (tertiary/aromatic N) is 1. The summed E-state index contributed by atoms with van der Waals surface area (Å²) >= 11 is 0. The number of pyridine rings is 1. The van der Waals surface area contributed by atoms with Crippen LogP contribution in [0, 0.1) is 0 Å². The fourth-order valence-corrected chi connectivity index (χ4v) is 1.63. The highest BCUT2D eigenvalue weighted by molar-refractivity contribution is 5.89. The summed E-state index contributed by atoms with van der Waals surface area (Å²) in [6, 6.07) is 11.0. The fourth-order valence-electron chi connectivity index (χ4n) is 1.63. The molecule has 0 radical (unpaired) electrons. The highest BCUT2D eigenvalue weighted by atomic mass is 16.5. The largest absolute Gasteiger partial charge is 0.497 e. The van der Waals surface area contributed by atoms with E-state index < -0.39 is 0 Å². The van der Waals surface area contributed by atoms with Crippen molar-refractivity contribution in [3.8, 4) is 5.75 Å². The quantitative estimate of drug-likeness (QED) is 0.772. The van der Waals surface area contributed by atoms with Crippen molar-refractivity contribution in [2.75, 3.05) is 13.7 Å². The van der Waals surface area contributed by atoms with Gasteiger partial charge in [-0.1, -0.05) is 12.1 Å². The van der Waals surface area contributed by atoms with Crippen LogP contribution in [0.25, 0.3) is 0 Å². The topological polar surface area (TPSA) is 48.4 Å². The van der Waals surface area contributed by atoms with Gasteiger partial charge in [-0.2, -0.15) is 0 Å². The SMILES string of the molecule is COc1ccc(CCOC(=O)c2ccncc2)cc1. The van der Waals surface area contributed by atoms with Gasteiger partial charge in [0, 0.05) is 18.8 Å². The number of rotatable bonds is 5. The molecule has 0 aliphatic heterocycles. The van der Waals surface area contributed by atoms with Crippen molar-refractivity contribution in [1.29, 1.82) is 0 Å². The summed E-state index contributed by atoms with van der Waals surface area (Å²) in [5.74, 6) is 0.494. The summed E-state index contributed by atoms with van der Waals surface area (Å²) in [6.07, 6.45) is 3.82. The second-order valence-electron chi connectivity index (χ2n) is 3.97. The van der Waals surface area contributed by atoms with E-state index >= 15 is 0 Å². The molecular formula is C15H15NO3. The lowest BCUT2D eigenvalue weighted by molar-refractivity contribution is 0.0509. The predicted octanol–water partition coefficient (Wildman–Crippen LogP) is 2.49. The van der Waals surface area contributed by atoms with Crippen LogP contribution < -0.4 is 4.74 Å². The Hall–Kier alpha value is -2.36. The Morgan fingerprint density at radius 1 is 1.11 bits per heavy atom. The van der Waals surface area contributed by atoms with Gasteiger partial charge >= 0.3 is 5.97 Å². The molecule has 4 heteroatoms. The van der Waals surface area contributed by atoms with Crippen molar-refractivity contribution in [1.82, 2.24) is 4.98 Å². The minimum absolute atomic E-state index is 0.323. The Kier molecular flexibility index (Phi) is 4.50. The van der Waals surface area contributed by atoms with Crippen molar-refractivity contribution in [3.05, 3.63) is 59.9 Å². The van der Waals surface area contributed by atoms with E-state index in [0.29, 0.717) is 18.6 Å². The first-order chi connectivity index (χ1) is 9.29. The molecule has 0 bridgehead atoms. The van der Waals surface area contributed by atoms with Crippen LogP contribution in [0.15, 0.2) is 48.8 Å². The molecule has 1 aromatic heterocycles. The molecular weight excluding hydrogens is 242 g/mol. The summed E-state index contributed by atoms with van der Waals surface area (Å²) in [6.45, 7) is 0.355. The highest BCUT2D eigenvalue weighted by Crippen LogP contribution is 2.11. The predicted molar refractivity (Wildman–Crippen MR) is 71.2 cm³/mol. The lowest BCUT2D eigenvalue weighted by Gasteiger charge is -2.05. The molecule has 19 heavy (non-hydrogen) atoms. The monoisotopic (exact) mass is 257 g/mol. The summed E-state index contributed by atoms with van der Waals surface area (Å²) in [7, 11) is 1.63. The fraction of sp³-hybridized carbons (Fsp3) is 0.200. The molecule has 4 nitrogen and oxygen atoms in total. The first-order valence-electron chi connectivity index (χ1n) is 5.99. The summed E-state index contributed by atoms with van der Waals surface area (Å²) in [5.41, 5.74) is 1.62. The first kappa shape index (κ1) is 13.1. The zero-order valence-corrected chi connectivity index (χ0v) is 10.7. The third-order valence-electron chi connectivity index (χ3n) is 2.70. The summed E-state index contributed by atoms with van der Waals surface area (Å²) in [5, 5.41) is 0. The molecule has 1 heterocycles. The molecule has 0 aliphatic carbocycles. The Morgan fingerprint density at radius 3 is 2.42 bits per heavy atom. The van der Waals surface area contributed by atoms with Crippen molar-refractivity contribution in [2.24, 2.45) is 0 Å². The number of hydrogen-bond acceptors (Lipinski definition) is 4. The van der Waals surface area contributed by atoms with Crippen LogP contribution in [0.5, 0.6) is 5.75 Å². The number of aromatic nitrogens is 1. The molecule has 0 N–H and O–H groups in total. The molecule has 2 rings (SSSR count). The number of methoxy groups -OCH3 is 1. The molecule has 0 unspecified atom stereocenters. The van der Waals surface area contributed by atoms with Crippen LogP contribution in [0.4, 0.5) is 0 Å². The standard InChI is InChI=1S/C15H15NO3/c1-18-14-4-2-12(3-5-14)8-11-19-15(17)13-6-9-16-10-7-13/h2-7,9-10H,8,11H2,1H3. The van der Waals surface area contributed by atoms with Gasteiger partial charge in [-0.25, -0.2) is 4.79 Å². The average Bonchev–Trinajstić information content (AvgIpc) is 2.49. The van der Waals surface area contributed by atoms with Gasteiger partial charge in [0.2, 0.25) is 0 Å². The normalized spacial score (nSPS) is 9.95. The van der Waals surface area contributed by atoms with Crippen molar-refractivity contribution < 1.29 is 14.3 Å². The number of ether oxygens (including phenoxy) is 2. The Balaban J connectivity index is 1.81. The van der Waals surface area contributed by atoms with E-state index in [-0.39, 0.29) is 5.97 Å². The summed E-state index contributed by atoms with van der Waals surface area (Å²) < 4.78 is 10.3. The van der Waals surface area contributed by atoms with Gasteiger partial charge in [0.15, 0.2) is 0 Å². The number of esters is 1. The van der Waals surface area contributed by atoms with Crippen LogP contribution in [0.2, 0.25) is 0 Å². The zero-order valence-electron chi connectivity index (χ0n) is 10.7. The van der Waals surface area contributed by atoms with Crippen molar-refractivity contribution in [2.45, 2.75) is 6.42 Å². The smallest absolute Gasteiger partial charge is 0.338 e. The van der Waals surface area contributed by atoms with Crippen LogP contribution >= 0.6 is 0 Å². The molecule has 0 atom stereocenters. The van der Waals surface area contributed by atoms with E-state index in [2.05, 4.69) is 4.98 Å². The van der Waals surface area contributed by atoms with E-state index in [4.69, 9.17) is 9.47 Å². The Labute approximate surface area is 112 Å².